The Hall–Kier alpha value is -1.63. The van der Waals surface area contributed by atoms with Crippen molar-refractivity contribution >= 4 is 17.6 Å². The zero-order valence-corrected chi connectivity index (χ0v) is 10.2. The first-order valence-electron chi connectivity index (χ1n) is 5.97. The summed E-state index contributed by atoms with van der Waals surface area (Å²) in [6.45, 7) is 3.51. The van der Waals surface area contributed by atoms with Crippen LogP contribution in [-0.2, 0) is 19.2 Å². The number of amides is 1. The largest absolute Gasteiger partial charge is 0.477 e. The van der Waals surface area contributed by atoms with Crippen molar-refractivity contribution in [3.8, 4) is 0 Å². The molecular weight excluding hydrogens is 240 g/mol. The van der Waals surface area contributed by atoms with Crippen molar-refractivity contribution in [1.82, 2.24) is 4.90 Å². The minimum atomic E-state index is -1.14. The van der Waals surface area contributed by atoms with Crippen LogP contribution in [-0.4, -0.2) is 59.5 Å². The highest BCUT2D eigenvalue weighted by molar-refractivity contribution is 6.36. The van der Waals surface area contributed by atoms with E-state index in [4.69, 9.17) is 14.7 Å². The molecule has 18 heavy (non-hydrogen) atoms. The number of nitrogens with zero attached hydrogens (tertiary/aromatic N) is 2. The second kappa shape index (κ2) is 5.34. The average Bonchev–Trinajstić information content (AvgIpc) is 2.87. The predicted molar refractivity (Wildman–Crippen MR) is 61.2 cm³/mol. The number of carbonyl (C=O) groups excluding carboxylic acids is 1. The summed E-state index contributed by atoms with van der Waals surface area (Å²) in [5.74, 6) is -1.34. The Kier molecular flexibility index (Phi) is 3.81. The first-order chi connectivity index (χ1) is 8.63. The van der Waals surface area contributed by atoms with Crippen LogP contribution in [0.4, 0.5) is 0 Å². The van der Waals surface area contributed by atoms with Gasteiger partial charge in [0.15, 0.2) is 5.71 Å². The van der Waals surface area contributed by atoms with E-state index in [0.717, 1.165) is 6.42 Å². The molecule has 0 aromatic rings. The third kappa shape index (κ3) is 2.45. The molecule has 1 amide bonds. The Labute approximate surface area is 104 Å². The van der Waals surface area contributed by atoms with Gasteiger partial charge in [0, 0.05) is 13.0 Å². The molecular formula is C11H16N2O5. The average molecular weight is 256 g/mol. The Morgan fingerprint density at radius 1 is 1.56 bits per heavy atom. The van der Waals surface area contributed by atoms with E-state index < -0.39 is 12.1 Å². The van der Waals surface area contributed by atoms with E-state index >= 15 is 0 Å². The fourth-order valence-corrected chi connectivity index (χ4v) is 2.10. The zero-order chi connectivity index (χ0) is 13.1. The Morgan fingerprint density at radius 3 is 2.94 bits per heavy atom. The Balaban J connectivity index is 1.98. The number of hydrogen-bond donors (Lipinski definition) is 1. The van der Waals surface area contributed by atoms with Gasteiger partial charge in [-0.15, -0.1) is 0 Å². The van der Waals surface area contributed by atoms with Crippen LogP contribution in [0.25, 0.3) is 0 Å². The molecule has 2 atom stereocenters. The lowest BCUT2D eigenvalue weighted by molar-refractivity contribution is -0.150. The van der Waals surface area contributed by atoms with E-state index in [1.54, 1.807) is 4.90 Å². The number of carboxylic acids is 1. The SMILES string of the molecule is CCC1COCCN1C(=O)C1CC(C(=O)O)=NO1. The van der Waals surface area contributed by atoms with E-state index in [2.05, 4.69) is 5.16 Å². The molecule has 0 aromatic heterocycles. The van der Waals surface area contributed by atoms with Crippen LogP contribution in [0.15, 0.2) is 5.16 Å². The van der Waals surface area contributed by atoms with Crippen LogP contribution < -0.4 is 0 Å². The van der Waals surface area contributed by atoms with Crippen molar-refractivity contribution in [3.63, 3.8) is 0 Å². The molecule has 2 unspecified atom stereocenters. The molecule has 2 aliphatic heterocycles. The van der Waals surface area contributed by atoms with E-state index in [9.17, 15) is 9.59 Å². The number of ether oxygens (including phenoxy) is 1. The van der Waals surface area contributed by atoms with Crippen molar-refractivity contribution in [2.24, 2.45) is 5.16 Å². The monoisotopic (exact) mass is 256 g/mol. The van der Waals surface area contributed by atoms with Crippen LogP contribution in [0.5, 0.6) is 0 Å². The molecule has 0 aromatic carbocycles. The van der Waals surface area contributed by atoms with Crippen molar-refractivity contribution in [3.05, 3.63) is 0 Å². The van der Waals surface area contributed by atoms with Gasteiger partial charge in [0.2, 0.25) is 6.10 Å². The first kappa shape index (κ1) is 12.8. The minimum Gasteiger partial charge on any atom is -0.477 e. The molecule has 0 bridgehead atoms. The molecule has 1 fully saturated rings. The summed E-state index contributed by atoms with van der Waals surface area (Å²) in [6, 6.07) is 0.0312. The first-order valence-corrected chi connectivity index (χ1v) is 5.97. The zero-order valence-electron chi connectivity index (χ0n) is 10.2. The van der Waals surface area contributed by atoms with Gasteiger partial charge in [-0.3, -0.25) is 4.79 Å². The van der Waals surface area contributed by atoms with Crippen molar-refractivity contribution < 1.29 is 24.3 Å². The molecule has 100 valence electrons. The fraction of sp³-hybridized carbons (Fsp3) is 0.727. The third-order valence-electron chi connectivity index (χ3n) is 3.17. The van der Waals surface area contributed by atoms with E-state index in [1.165, 1.54) is 0 Å². The number of rotatable bonds is 3. The van der Waals surface area contributed by atoms with Crippen molar-refractivity contribution in [1.29, 1.82) is 0 Å². The van der Waals surface area contributed by atoms with Gasteiger partial charge in [-0.05, 0) is 6.42 Å². The summed E-state index contributed by atoms with van der Waals surface area (Å²) in [4.78, 5) is 29.5. The highest BCUT2D eigenvalue weighted by Crippen LogP contribution is 2.18. The van der Waals surface area contributed by atoms with Gasteiger partial charge in [-0.1, -0.05) is 12.1 Å². The smallest absolute Gasteiger partial charge is 0.353 e. The van der Waals surface area contributed by atoms with Gasteiger partial charge in [0.25, 0.3) is 5.91 Å². The lowest BCUT2D eigenvalue weighted by Gasteiger charge is -2.35. The molecule has 7 nitrogen and oxygen atoms in total. The van der Waals surface area contributed by atoms with Crippen LogP contribution in [0.1, 0.15) is 19.8 Å². The van der Waals surface area contributed by atoms with Gasteiger partial charge in [0.05, 0.1) is 19.3 Å². The maximum absolute atomic E-state index is 12.2. The fourth-order valence-electron chi connectivity index (χ4n) is 2.10. The summed E-state index contributed by atoms with van der Waals surface area (Å²) >= 11 is 0. The topological polar surface area (TPSA) is 88.4 Å². The van der Waals surface area contributed by atoms with Gasteiger partial charge < -0.3 is 19.6 Å². The van der Waals surface area contributed by atoms with E-state index in [-0.39, 0.29) is 24.1 Å². The van der Waals surface area contributed by atoms with E-state index in [0.29, 0.717) is 19.8 Å². The molecule has 2 rings (SSSR count). The van der Waals surface area contributed by atoms with Crippen LogP contribution in [0.2, 0.25) is 0 Å². The molecule has 2 heterocycles. The van der Waals surface area contributed by atoms with Crippen LogP contribution in [0.3, 0.4) is 0 Å². The lowest BCUT2D eigenvalue weighted by atomic mass is 10.1. The lowest BCUT2D eigenvalue weighted by Crippen LogP contribution is -2.51. The summed E-state index contributed by atoms with van der Waals surface area (Å²) in [6.07, 6.45) is 0.0239. The number of carboxylic acid groups (broad SMARTS) is 1. The normalized spacial score (nSPS) is 27.6. The third-order valence-corrected chi connectivity index (χ3v) is 3.17. The highest BCUT2D eigenvalue weighted by Gasteiger charge is 2.37. The summed E-state index contributed by atoms with van der Waals surface area (Å²) in [5, 5.41) is 12.2. The van der Waals surface area contributed by atoms with Crippen molar-refractivity contribution in [2.45, 2.75) is 31.9 Å². The second-order valence-electron chi connectivity index (χ2n) is 4.31. The van der Waals surface area contributed by atoms with Crippen LogP contribution in [0, 0.1) is 0 Å². The Morgan fingerprint density at radius 2 is 2.33 bits per heavy atom. The molecule has 0 spiro atoms. The molecule has 0 radical (unpaired) electrons. The maximum Gasteiger partial charge on any atom is 0.353 e. The number of carbonyl (C=O) groups is 2. The molecule has 0 saturated carbocycles. The molecule has 1 saturated heterocycles. The quantitative estimate of drug-likeness (QED) is 0.758. The Bertz CT molecular complexity index is 382. The molecule has 1 N–H and O–H groups in total. The van der Waals surface area contributed by atoms with Crippen molar-refractivity contribution in [2.75, 3.05) is 19.8 Å². The molecule has 0 aliphatic carbocycles. The number of morpholine rings is 1. The van der Waals surface area contributed by atoms with Crippen LogP contribution >= 0.6 is 0 Å². The molecule has 7 heteroatoms. The van der Waals surface area contributed by atoms with Gasteiger partial charge >= 0.3 is 5.97 Å². The summed E-state index contributed by atoms with van der Waals surface area (Å²) < 4.78 is 5.32. The van der Waals surface area contributed by atoms with Gasteiger partial charge in [0.1, 0.15) is 0 Å². The maximum atomic E-state index is 12.2. The van der Waals surface area contributed by atoms with Gasteiger partial charge in [-0.2, -0.15) is 0 Å². The number of hydrogen-bond acceptors (Lipinski definition) is 5. The highest BCUT2D eigenvalue weighted by atomic mass is 16.6. The van der Waals surface area contributed by atoms with Gasteiger partial charge in [-0.25, -0.2) is 4.79 Å². The number of oxime groups is 1. The second-order valence-corrected chi connectivity index (χ2v) is 4.31. The molecule has 2 aliphatic rings. The minimum absolute atomic E-state index is 0.0297. The summed E-state index contributed by atoms with van der Waals surface area (Å²) in [7, 11) is 0. The number of aliphatic carboxylic acids is 1. The predicted octanol–water partition coefficient (Wildman–Crippen LogP) is -0.147. The van der Waals surface area contributed by atoms with E-state index in [1.807, 2.05) is 6.92 Å². The standard InChI is InChI=1S/C11H16N2O5/c1-2-7-6-17-4-3-13(7)10(14)9-5-8(11(15)16)12-18-9/h7,9H,2-6H2,1H3,(H,15,16). The summed E-state index contributed by atoms with van der Waals surface area (Å²) in [5.41, 5.74) is -0.102.